The Labute approximate surface area is 136 Å². The Morgan fingerprint density at radius 1 is 1.20 bits per heavy atom. The van der Waals surface area contributed by atoms with Gasteiger partial charge in [-0.15, -0.1) is 24.8 Å². The van der Waals surface area contributed by atoms with E-state index in [2.05, 4.69) is 0 Å². The van der Waals surface area contributed by atoms with E-state index in [-0.39, 0.29) is 40.8 Å². The van der Waals surface area contributed by atoms with Crippen LogP contribution in [0.5, 0.6) is 0 Å². The van der Waals surface area contributed by atoms with E-state index in [0.29, 0.717) is 31.6 Å². The van der Waals surface area contributed by atoms with E-state index >= 15 is 0 Å². The molecule has 0 spiro atoms. The standard InChI is InChI=1S/C11H16ClN3O2S.2ClH/c12-10-2-1-9(14)7-11(10)18(16,17)15-5-3-8(13)4-6-15;;/h1-2,7-8H,3-6,13-14H2;2*1H. The Hall–Kier alpha value is -0.240. The minimum absolute atomic E-state index is 0. The topological polar surface area (TPSA) is 89.4 Å². The van der Waals surface area contributed by atoms with Gasteiger partial charge in [-0.2, -0.15) is 4.31 Å². The smallest absolute Gasteiger partial charge is 0.244 e. The minimum atomic E-state index is -3.57. The van der Waals surface area contributed by atoms with Gasteiger partial charge in [0, 0.05) is 24.8 Å². The van der Waals surface area contributed by atoms with Crippen LogP contribution in [0.25, 0.3) is 0 Å². The van der Waals surface area contributed by atoms with Crippen molar-refractivity contribution in [3.05, 3.63) is 23.2 Å². The summed E-state index contributed by atoms with van der Waals surface area (Å²) in [7, 11) is -3.57. The molecule has 0 aromatic heterocycles. The van der Waals surface area contributed by atoms with E-state index < -0.39 is 10.0 Å². The normalized spacial score (nSPS) is 17.1. The van der Waals surface area contributed by atoms with E-state index in [1.54, 1.807) is 6.07 Å². The summed E-state index contributed by atoms with van der Waals surface area (Å²) >= 11 is 5.94. The third-order valence-electron chi connectivity index (χ3n) is 3.07. The van der Waals surface area contributed by atoms with Gasteiger partial charge in [-0.1, -0.05) is 11.6 Å². The molecular weight excluding hydrogens is 345 g/mol. The molecule has 0 unspecified atom stereocenters. The number of rotatable bonds is 2. The Morgan fingerprint density at radius 3 is 2.30 bits per heavy atom. The second kappa shape index (κ2) is 7.68. The molecule has 0 aliphatic carbocycles. The number of nitrogen functional groups attached to an aromatic ring is 1. The number of benzene rings is 1. The van der Waals surface area contributed by atoms with Crippen molar-refractivity contribution in [2.24, 2.45) is 5.73 Å². The lowest BCUT2D eigenvalue weighted by molar-refractivity contribution is 0.320. The zero-order valence-electron chi connectivity index (χ0n) is 10.7. The van der Waals surface area contributed by atoms with Gasteiger partial charge >= 0.3 is 0 Å². The van der Waals surface area contributed by atoms with Crippen molar-refractivity contribution in [3.63, 3.8) is 0 Å². The fourth-order valence-corrected chi connectivity index (χ4v) is 3.95. The van der Waals surface area contributed by atoms with E-state index in [1.807, 2.05) is 0 Å². The summed E-state index contributed by atoms with van der Waals surface area (Å²) in [5, 5.41) is 0.194. The molecule has 4 N–H and O–H groups in total. The molecule has 1 aliphatic rings. The lowest BCUT2D eigenvalue weighted by Gasteiger charge is -2.29. The SMILES string of the molecule is Cl.Cl.Nc1ccc(Cl)c(S(=O)(=O)N2CCC(N)CC2)c1. The third kappa shape index (κ3) is 4.13. The minimum Gasteiger partial charge on any atom is -0.399 e. The largest absolute Gasteiger partial charge is 0.399 e. The molecule has 0 bridgehead atoms. The molecule has 1 fully saturated rings. The Bertz CT molecular complexity index is 546. The van der Waals surface area contributed by atoms with Crippen LogP contribution in [0, 0.1) is 0 Å². The monoisotopic (exact) mass is 361 g/mol. The first-order valence-corrected chi connectivity index (χ1v) is 7.54. The number of hydrogen-bond acceptors (Lipinski definition) is 4. The molecular formula is C11H18Cl3N3O2S. The highest BCUT2D eigenvalue weighted by Crippen LogP contribution is 2.28. The van der Waals surface area contributed by atoms with Crippen molar-refractivity contribution >= 4 is 52.1 Å². The predicted octanol–water partition coefficient (Wildman–Crippen LogP) is 1.88. The zero-order chi connectivity index (χ0) is 13.3. The molecule has 5 nitrogen and oxygen atoms in total. The fourth-order valence-electron chi connectivity index (χ4n) is 1.97. The van der Waals surface area contributed by atoms with Crippen LogP contribution in [0.3, 0.4) is 0 Å². The summed E-state index contributed by atoms with van der Waals surface area (Å²) in [6.45, 7) is 0.850. The van der Waals surface area contributed by atoms with Gasteiger partial charge in [0.1, 0.15) is 4.90 Å². The Kier molecular flexibility index (Phi) is 7.59. The van der Waals surface area contributed by atoms with E-state index in [0.717, 1.165) is 0 Å². The molecule has 0 radical (unpaired) electrons. The predicted molar refractivity (Wildman–Crippen MR) is 86.3 cm³/mol. The van der Waals surface area contributed by atoms with E-state index in [9.17, 15) is 8.42 Å². The summed E-state index contributed by atoms with van der Waals surface area (Å²) in [5.41, 5.74) is 11.8. The number of piperidine rings is 1. The van der Waals surface area contributed by atoms with Gasteiger partial charge in [0.05, 0.1) is 5.02 Å². The second-order valence-electron chi connectivity index (χ2n) is 4.43. The molecule has 1 heterocycles. The van der Waals surface area contributed by atoms with Crippen molar-refractivity contribution < 1.29 is 8.42 Å². The van der Waals surface area contributed by atoms with Gasteiger partial charge in [0.2, 0.25) is 10.0 Å². The lowest BCUT2D eigenvalue weighted by Crippen LogP contribution is -2.42. The highest BCUT2D eigenvalue weighted by Gasteiger charge is 2.29. The molecule has 2 rings (SSSR count). The van der Waals surface area contributed by atoms with Crippen LogP contribution >= 0.6 is 36.4 Å². The fraction of sp³-hybridized carbons (Fsp3) is 0.455. The second-order valence-corrected chi connectivity index (χ2v) is 6.74. The average molecular weight is 363 g/mol. The van der Waals surface area contributed by atoms with Gasteiger partial charge in [-0.25, -0.2) is 8.42 Å². The summed E-state index contributed by atoms with van der Waals surface area (Å²) < 4.78 is 26.2. The van der Waals surface area contributed by atoms with Crippen LogP contribution in [0.2, 0.25) is 5.02 Å². The van der Waals surface area contributed by atoms with Crippen LogP contribution < -0.4 is 11.5 Å². The Balaban J connectivity index is 0.00000180. The molecule has 0 saturated carbocycles. The van der Waals surface area contributed by atoms with E-state index in [4.69, 9.17) is 23.1 Å². The van der Waals surface area contributed by atoms with Gasteiger partial charge in [0.15, 0.2) is 0 Å². The maximum absolute atomic E-state index is 12.4. The number of sulfonamides is 1. The molecule has 116 valence electrons. The average Bonchev–Trinajstić information content (AvgIpc) is 2.32. The summed E-state index contributed by atoms with van der Waals surface area (Å²) in [6, 6.07) is 4.55. The molecule has 1 aliphatic heterocycles. The quantitative estimate of drug-likeness (QED) is 0.786. The summed E-state index contributed by atoms with van der Waals surface area (Å²) in [5.74, 6) is 0. The number of hydrogen-bond donors (Lipinski definition) is 2. The van der Waals surface area contributed by atoms with Crippen molar-refractivity contribution in [3.8, 4) is 0 Å². The first-order chi connectivity index (χ1) is 8.41. The van der Waals surface area contributed by atoms with Crippen LogP contribution in [0.4, 0.5) is 5.69 Å². The number of nitrogens with two attached hydrogens (primary N) is 2. The Morgan fingerprint density at radius 2 is 1.75 bits per heavy atom. The molecule has 1 aromatic rings. The highest BCUT2D eigenvalue weighted by atomic mass is 35.5. The van der Waals surface area contributed by atoms with Crippen molar-refractivity contribution in [1.82, 2.24) is 4.31 Å². The van der Waals surface area contributed by atoms with Gasteiger partial charge in [-0.05, 0) is 31.0 Å². The maximum atomic E-state index is 12.4. The van der Waals surface area contributed by atoms with Crippen LogP contribution in [0.1, 0.15) is 12.8 Å². The van der Waals surface area contributed by atoms with Crippen LogP contribution in [0.15, 0.2) is 23.1 Å². The van der Waals surface area contributed by atoms with Gasteiger partial charge in [0.25, 0.3) is 0 Å². The number of anilines is 1. The van der Waals surface area contributed by atoms with Gasteiger partial charge in [-0.3, -0.25) is 0 Å². The van der Waals surface area contributed by atoms with Gasteiger partial charge < -0.3 is 11.5 Å². The molecule has 0 atom stereocenters. The summed E-state index contributed by atoms with van der Waals surface area (Å²) in [4.78, 5) is 0.0691. The van der Waals surface area contributed by atoms with Crippen molar-refractivity contribution in [2.45, 2.75) is 23.8 Å². The zero-order valence-corrected chi connectivity index (χ0v) is 13.9. The van der Waals surface area contributed by atoms with Crippen LogP contribution in [-0.4, -0.2) is 31.9 Å². The van der Waals surface area contributed by atoms with E-state index in [1.165, 1.54) is 16.4 Å². The number of halogens is 3. The number of nitrogens with zero attached hydrogens (tertiary/aromatic N) is 1. The molecule has 1 saturated heterocycles. The van der Waals surface area contributed by atoms with Crippen molar-refractivity contribution in [2.75, 3.05) is 18.8 Å². The molecule has 0 amide bonds. The molecule has 1 aromatic carbocycles. The highest BCUT2D eigenvalue weighted by molar-refractivity contribution is 7.89. The van der Waals surface area contributed by atoms with Crippen LogP contribution in [-0.2, 0) is 10.0 Å². The van der Waals surface area contributed by atoms with Crippen molar-refractivity contribution in [1.29, 1.82) is 0 Å². The maximum Gasteiger partial charge on any atom is 0.244 e. The molecule has 9 heteroatoms. The third-order valence-corrected chi connectivity index (χ3v) is 5.45. The lowest BCUT2D eigenvalue weighted by atomic mass is 10.1. The molecule has 20 heavy (non-hydrogen) atoms. The first kappa shape index (κ1) is 19.8. The first-order valence-electron chi connectivity index (χ1n) is 5.72. The summed E-state index contributed by atoms with van der Waals surface area (Å²) in [6.07, 6.45) is 1.33.